The van der Waals surface area contributed by atoms with Gasteiger partial charge in [-0.3, -0.25) is 9.36 Å². The van der Waals surface area contributed by atoms with Crippen molar-refractivity contribution in [2.45, 2.75) is 38.1 Å². The molecule has 2 aromatic carbocycles. The Labute approximate surface area is 191 Å². The minimum Gasteiger partial charge on any atom is -0.372 e. The molecule has 1 saturated heterocycles. The van der Waals surface area contributed by atoms with Crippen LogP contribution in [0.3, 0.4) is 0 Å². The molecule has 3 aromatic rings. The number of carbonyl (C=O) groups excluding carboxylic acids is 1. The van der Waals surface area contributed by atoms with E-state index in [4.69, 9.17) is 16.3 Å². The molecule has 0 bridgehead atoms. The third-order valence-electron chi connectivity index (χ3n) is 5.09. The standard InChI is InChI=1S/C23H25ClN4O2S/c1-15-5-4-6-18(11-15)22-25-26-23(28(22)20-9-7-19(24)8-10-20)31-14-21(29)27-12-16(2)30-17(3)13-27/h4-11,16-17H,12-14H2,1-3H3. The molecule has 0 spiro atoms. The van der Waals surface area contributed by atoms with Crippen molar-refractivity contribution in [2.24, 2.45) is 0 Å². The molecule has 1 aromatic heterocycles. The molecule has 0 N–H and O–H groups in total. The fourth-order valence-corrected chi connectivity index (χ4v) is 4.74. The first kappa shape index (κ1) is 21.9. The number of benzene rings is 2. The van der Waals surface area contributed by atoms with Crippen molar-refractivity contribution in [3.8, 4) is 17.1 Å². The zero-order valence-corrected chi connectivity index (χ0v) is 19.4. The maximum atomic E-state index is 12.9. The normalized spacial score (nSPS) is 18.9. The van der Waals surface area contributed by atoms with Crippen molar-refractivity contribution >= 4 is 29.3 Å². The van der Waals surface area contributed by atoms with Gasteiger partial charge in [0.25, 0.3) is 0 Å². The van der Waals surface area contributed by atoms with Crippen LogP contribution in [0.4, 0.5) is 0 Å². The van der Waals surface area contributed by atoms with Gasteiger partial charge in [-0.1, -0.05) is 47.1 Å². The van der Waals surface area contributed by atoms with E-state index in [2.05, 4.69) is 16.3 Å². The Hall–Kier alpha value is -2.35. The lowest BCUT2D eigenvalue weighted by atomic mass is 10.1. The Morgan fingerprint density at radius 2 is 1.84 bits per heavy atom. The van der Waals surface area contributed by atoms with E-state index in [9.17, 15) is 4.79 Å². The lowest BCUT2D eigenvalue weighted by molar-refractivity contribution is -0.140. The van der Waals surface area contributed by atoms with E-state index in [1.807, 2.05) is 72.7 Å². The molecule has 2 atom stereocenters. The first-order valence-corrected chi connectivity index (χ1v) is 11.6. The van der Waals surface area contributed by atoms with E-state index < -0.39 is 0 Å². The molecule has 0 saturated carbocycles. The average Bonchev–Trinajstić information content (AvgIpc) is 3.16. The number of ether oxygens (including phenoxy) is 1. The molecule has 0 radical (unpaired) electrons. The van der Waals surface area contributed by atoms with Crippen molar-refractivity contribution in [1.82, 2.24) is 19.7 Å². The number of amides is 1. The van der Waals surface area contributed by atoms with Crippen LogP contribution >= 0.6 is 23.4 Å². The zero-order valence-electron chi connectivity index (χ0n) is 17.8. The number of thioether (sulfide) groups is 1. The van der Waals surface area contributed by atoms with Crippen LogP contribution in [0.25, 0.3) is 17.1 Å². The Kier molecular flexibility index (Phi) is 6.65. The molecular weight excluding hydrogens is 432 g/mol. The van der Waals surface area contributed by atoms with Crippen molar-refractivity contribution in [3.63, 3.8) is 0 Å². The summed E-state index contributed by atoms with van der Waals surface area (Å²) in [6, 6.07) is 15.7. The number of carbonyl (C=O) groups is 1. The molecule has 1 aliphatic heterocycles. The van der Waals surface area contributed by atoms with Gasteiger partial charge in [0.1, 0.15) is 0 Å². The molecule has 6 nitrogen and oxygen atoms in total. The highest BCUT2D eigenvalue weighted by Gasteiger charge is 2.26. The van der Waals surface area contributed by atoms with Crippen LogP contribution in [0.15, 0.2) is 53.7 Å². The van der Waals surface area contributed by atoms with Crippen LogP contribution in [0.2, 0.25) is 5.02 Å². The summed E-state index contributed by atoms with van der Waals surface area (Å²) in [5.74, 6) is 1.10. The van der Waals surface area contributed by atoms with Gasteiger partial charge in [0, 0.05) is 29.4 Å². The second-order valence-corrected chi connectivity index (χ2v) is 9.21. The molecular formula is C23H25ClN4O2S. The molecule has 1 amide bonds. The Bertz CT molecular complexity index is 1060. The number of nitrogens with zero attached hydrogens (tertiary/aromatic N) is 4. The summed E-state index contributed by atoms with van der Waals surface area (Å²) >= 11 is 7.49. The number of aromatic nitrogens is 3. The van der Waals surface area contributed by atoms with Crippen molar-refractivity contribution in [3.05, 3.63) is 59.1 Å². The molecule has 8 heteroatoms. The van der Waals surface area contributed by atoms with Crippen molar-refractivity contribution in [1.29, 1.82) is 0 Å². The van der Waals surface area contributed by atoms with Crippen LogP contribution in [-0.2, 0) is 9.53 Å². The quantitative estimate of drug-likeness (QED) is 0.524. The number of halogens is 1. The highest BCUT2D eigenvalue weighted by Crippen LogP contribution is 2.29. The smallest absolute Gasteiger partial charge is 0.233 e. The first-order valence-electron chi connectivity index (χ1n) is 10.2. The van der Waals surface area contributed by atoms with E-state index in [0.29, 0.717) is 29.0 Å². The summed E-state index contributed by atoms with van der Waals surface area (Å²) in [6.45, 7) is 7.26. The van der Waals surface area contributed by atoms with Gasteiger partial charge in [0.15, 0.2) is 11.0 Å². The summed E-state index contributed by atoms with van der Waals surface area (Å²) < 4.78 is 7.72. The minimum absolute atomic E-state index is 0.0448. The van der Waals surface area contributed by atoms with Crippen molar-refractivity contribution in [2.75, 3.05) is 18.8 Å². The third kappa shape index (κ3) is 5.11. The number of hydrogen-bond donors (Lipinski definition) is 0. The van der Waals surface area contributed by atoms with E-state index in [1.165, 1.54) is 11.8 Å². The molecule has 31 heavy (non-hydrogen) atoms. The highest BCUT2D eigenvalue weighted by atomic mass is 35.5. The lowest BCUT2D eigenvalue weighted by Crippen LogP contribution is -2.48. The second-order valence-electron chi connectivity index (χ2n) is 7.83. The van der Waals surface area contributed by atoms with E-state index in [-0.39, 0.29) is 18.1 Å². The number of aryl methyl sites for hydroxylation is 1. The first-order chi connectivity index (χ1) is 14.9. The summed E-state index contributed by atoms with van der Waals surface area (Å²) in [7, 11) is 0. The van der Waals surface area contributed by atoms with Gasteiger partial charge >= 0.3 is 0 Å². The predicted molar refractivity (Wildman–Crippen MR) is 124 cm³/mol. The van der Waals surface area contributed by atoms with Crippen LogP contribution in [0.1, 0.15) is 19.4 Å². The van der Waals surface area contributed by atoms with E-state index in [0.717, 1.165) is 22.6 Å². The van der Waals surface area contributed by atoms with E-state index in [1.54, 1.807) is 0 Å². The van der Waals surface area contributed by atoms with Gasteiger partial charge in [-0.05, 0) is 51.1 Å². The molecule has 162 valence electrons. The van der Waals surface area contributed by atoms with Crippen LogP contribution in [-0.4, -0.2) is 56.6 Å². The Morgan fingerprint density at radius 3 is 2.52 bits per heavy atom. The Balaban J connectivity index is 1.61. The van der Waals surface area contributed by atoms with E-state index >= 15 is 0 Å². The van der Waals surface area contributed by atoms with Gasteiger partial charge in [-0.15, -0.1) is 10.2 Å². The van der Waals surface area contributed by atoms with Crippen LogP contribution in [0, 0.1) is 6.92 Å². The number of morpholine rings is 1. The SMILES string of the molecule is Cc1cccc(-c2nnc(SCC(=O)N3CC(C)OC(C)C3)n2-c2ccc(Cl)cc2)c1. The van der Waals surface area contributed by atoms with Crippen LogP contribution < -0.4 is 0 Å². The molecule has 2 heterocycles. The molecule has 4 rings (SSSR count). The van der Waals surface area contributed by atoms with Crippen LogP contribution in [0.5, 0.6) is 0 Å². The van der Waals surface area contributed by atoms with Gasteiger partial charge in [-0.25, -0.2) is 0 Å². The lowest BCUT2D eigenvalue weighted by Gasteiger charge is -2.35. The fraction of sp³-hybridized carbons (Fsp3) is 0.348. The summed E-state index contributed by atoms with van der Waals surface area (Å²) in [6.07, 6.45) is 0.0895. The van der Waals surface area contributed by atoms with Gasteiger partial charge < -0.3 is 9.64 Å². The predicted octanol–water partition coefficient (Wildman–Crippen LogP) is 4.62. The molecule has 1 fully saturated rings. The van der Waals surface area contributed by atoms with Gasteiger partial charge in [0.05, 0.1) is 18.0 Å². The fourth-order valence-electron chi connectivity index (χ4n) is 3.76. The van der Waals surface area contributed by atoms with Crippen molar-refractivity contribution < 1.29 is 9.53 Å². The molecule has 2 unspecified atom stereocenters. The molecule has 1 aliphatic rings. The maximum absolute atomic E-state index is 12.9. The van der Waals surface area contributed by atoms with Gasteiger partial charge in [0.2, 0.25) is 5.91 Å². The Morgan fingerprint density at radius 1 is 1.13 bits per heavy atom. The summed E-state index contributed by atoms with van der Waals surface area (Å²) in [5, 5.41) is 10.2. The number of hydrogen-bond acceptors (Lipinski definition) is 5. The minimum atomic E-state index is 0.0448. The largest absolute Gasteiger partial charge is 0.372 e. The van der Waals surface area contributed by atoms with Gasteiger partial charge in [-0.2, -0.15) is 0 Å². The zero-order chi connectivity index (χ0) is 22.0. The third-order valence-corrected chi connectivity index (χ3v) is 6.26. The summed E-state index contributed by atoms with van der Waals surface area (Å²) in [5.41, 5.74) is 3.01. The average molecular weight is 457 g/mol. The second kappa shape index (κ2) is 9.42. The topological polar surface area (TPSA) is 60.3 Å². The number of rotatable bonds is 5. The maximum Gasteiger partial charge on any atom is 0.233 e. The summed E-state index contributed by atoms with van der Waals surface area (Å²) in [4.78, 5) is 14.7. The monoisotopic (exact) mass is 456 g/mol. The molecule has 0 aliphatic carbocycles. The highest BCUT2D eigenvalue weighted by molar-refractivity contribution is 7.99.